The van der Waals surface area contributed by atoms with E-state index < -0.39 is 6.10 Å². The Morgan fingerprint density at radius 2 is 1.58 bits per heavy atom. The summed E-state index contributed by atoms with van der Waals surface area (Å²) in [6.07, 6.45) is 0.0410. The van der Waals surface area contributed by atoms with Gasteiger partial charge in [0.05, 0.1) is 0 Å². The number of nitrogens with one attached hydrogen (secondary N) is 1. The molecule has 4 heteroatoms. The fraction of sp³-hybridized carbons (Fsp3) is 0.148. The van der Waals surface area contributed by atoms with E-state index in [1.165, 1.54) is 10.5 Å². The van der Waals surface area contributed by atoms with E-state index in [0.717, 1.165) is 22.2 Å². The van der Waals surface area contributed by atoms with E-state index in [1.54, 1.807) is 11.8 Å². The van der Waals surface area contributed by atoms with E-state index in [0.29, 0.717) is 12.2 Å². The van der Waals surface area contributed by atoms with Gasteiger partial charge in [0, 0.05) is 16.3 Å². The third-order valence-electron chi connectivity index (χ3n) is 5.03. The summed E-state index contributed by atoms with van der Waals surface area (Å²) in [5, 5.41) is 5.23. The summed E-state index contributed by atoms with van der Waals surface area (Å²) in [7, 11) is 0. The number of hydrogen-bond acceptors (Lipinski definition) is 3. The van der Waals surface area contributed by atoms with Gasteiger partial charge in [0.1, 0.15) is 5.75 Å². The molecule has 0 bridgehead atoms. The third-order valence-corrected chi connectivity index (χ3v) is 6.12. The molecule has 156 valence electrons. The standard InChI is InChI=1S/C27H25NO2S/c1-2-26(30-24-17-14-21-8-6-7-9-22(21)18-24)27(29)28-23-15-12-20(13-16-23)19-31-25-10-4-3-5-11-25/h3-18,26H,2,19H2,1H3,(H,28,29)/t26-/m0/s1. The minimum absolute atomic E-state index is 0.137. The molecule has 0 saturated carbocycles. The lowest BCUT2D eigenvalue weighted by Crippen LogP contribution is -2.32. The Hall–Kier alpha value is -3.24. The van der Waals surface area contributed by atoms with Crippen LogP contribution in [-0.4, -0.2) is 12.0 Å². The first-order chi connectivity index (χ1) is 15.2. The van der Waals surface area contributed by atoms with Crippen molar-refractivity contribution >= 4 is 34.1 Å². The second-order valence-electron chi connectivity index (χ2n) is 7.31. The van der Waals surface area contributed by atoms with Crippen LogP contribution in [0.25, 0.3) is 10.8 Å². The first kappa shape index (κ1) is 21.0. The maximum Gasteiger partial charge on any atom is 0.265 e. The summed E-state index contributed by atoms with van der Waals surface area (Å²) in [5.74, 6) is 1.46. The van der Waals surface area contributed by atoms with Gasteiger partial charge in [-0.3, -0.25) is 4.79 Å². The van der Waals surface area contributed by atoms with Crippen LogP contribution < -0.4 is 10.1 Å². The normalized spacial score (nSPS) is 11.8. The van der Waals surface area contributed by atoms with Crippen molar-refractivity contribution < 1.29 is 9.53 Å². The monoisotopic (exact) mass is 427 g/mol. The van der Waals surface area contributed by atoms with Gasteiger partial charge in [-0.1, -0.05) is 67.6 Å². The molecular formula is C27H25NO2S. The molecular weight excluding hydrogens is 402 g/mol. The number of carbonyl (C=O) groups is 1. The van der Waals surface area contributed by atoms with Crippen molar-refractivity contribution in [1.82, 2.24) is 0 Å². The summed E-state index contributed by atoms with van der Waals surface area (Å²) in [6.45, 7) is 1.95. The first-order valence-corrected chi connectivity index (χ1v) is 11.4. The minimum atomic E-state index is -0.547. The van der Waals surface area contributed by atoms with Crippen LogP contribution in [0.5, 0.6) is 5.75 Å². The SMILES string of the molecule is CC[C@H](Oc1ccc2ccccc2c1)C(=O)Nc1ccc(CSc2ccccc2)cc1. The Labute approximate surface area is 187 Å². The summed E-state index contributed by atoms with van der Waals surface area (Å²) < 4.78 is 6.00. The molecule has 0 fully saturated rings. The van der Waals surface area contributed by atoms with Gasteiger partial charge in [-0.25, -0.2) is 0 Å². The zero-order valence-corrected chi connectivity index (χ0v) is 18.3. The second-order valence-corrected chi connectivity index (χ2v) is 8.36. The summed E-state index contributed by atoms with van der Waals surface area (Å²) >= 11 is 1.80. The van der Waals surface area contributed by atoms with E-state index in [2.05, 4.69) is 35.6 Å². The largest absolute Gasteiger partial charge is 0.481 e. The Bertz CT molecular complexity index is 1140. The predicted octanol–water partition coefficient (Wildman–Crippen LogP) is 6.93. The molecule has 0 radical (unpaired) electrons. The molecule has 4 aromatic rings. The third kappa shape index (κ3) is 5.68. The number of fused-ring (bicyclic) bond motifs is 1. The van der Waals surface area contributed by atoms with Gasteiger partial charge in [0.25, 0.3) is 5.91 Å². The average Bonchev–Trinajstić information content (AvgIpc) is 2.82. The highest BCUT2D eigenvalue weighted by Crippen LogP contribution is 2.24. The maximum absolute atomic E-state index is 12.8. The van der Waals surface area contributed by atoms with Crippen LogP contribution in [0.1, 0.15) is 18.9 Å². The lowest BCUT2D eigenvalue weighted by molar-refractivity contribution is -0.122. The average molecular weight is 428 g/mol. The molecule has 1 N–H and O–H groups in total. The lowest BCUT2D eigenvalue weighted by atomic mass is 10.1. The smallest absolute Gasteiger partial charge is 0.265 e. The van der Waals surface area contributed by atoms with Gasteiger partial charge in [0.15, 0.2) is 6.10 Å². The van der Waals surface area contributed by atoms with Crippen LogP contribution in [0.3, 0.4) is 0 Å². The topological polar surface area (TPSA) is 38.3 Å². The number of hydrogen-bond donors (Lipinski definition) is 1. The number of ether oxygens (including phenoxy) is 1. The number of carbonyl (C=O) groups excluding carboxylic acids is 1. The van der Waals surface area contributed by atoms with Crippen LogP contribution in [-0.2, 0) is 10.5 Å². The molecule has 0 aliphatic heterocycles. The van der Waals surface area contributed by atoms with E-state index in [9.17, 15) is 4.79 Å². The van der Waals surface area contributed by atoms with Gasteiger partial charge in [0.2, 0.25) is 0 Å². The van der Waals surface area contributed by atoms with Crippen LogP contribution in [0, 0.1) is 0 Å². The molecule has 31 heavy (non-hydrogen) atoms. The number of benzene rings is 4. The molecule has 0 aliphatic rings. The van der Waals surface area contributed by atoms with Gasteiger partial charge in [-0.05, 0) is 59.2 Å². The van der Waals surface area contributed by atoms with Crippen molar-refractivity contribution in [2.24, 2.45) is 0 Å². The summed E-state index contributed by atoms with van der Waals surface area (Å²) in [4.78, 5) is 14.0. The highest BCUT2D eigenvalue weighted by Gasteiger charge is 2.18. The Morgan fingerprint density at radius 3 is 2.32 bits per heavy atom. The number of anilines is 1. The molecule has 4 rings (SSSR count). The van der Waals surface area contributed by atoms with Crippen LogP contribution in [0.4, 0.5) is 5.69 Å². The molecule has 1 amide bonds. The molecule has 0 aliphatic carbocycles. The van der Waals surface area contributed by atoms with Gasteiger partial charge >= 0.3 is 0 Å². The second kappa shape index (κ2) is 10.2. The van der Waals surface area contributed by atoms with Gasteiger partial charge in [-0.15, -0.1) is 11.8 Å². The van der Waals surface area contributed by atoms with E-state index in [-0.39, 0.29) is 5.91 Å². The number of thioether (sulfide) groups is 1. The molecule has 4 aromatic carbocycles. The maximum atomic E-state index is 12.8. The quantitative estimate of drug-likeness (QED) is 0.310. The van der Waals surface area contributed by atoms with Crippen molar-refractivity contribution in [3.05, 3.63) is 103 Å². The van der Waals surface area contributed by atoms with Gasteiger partial charge in [-0.2, -0.15) is 0 Å². The van der Waals surface area contributed by atoms with Crippen molar-refractivity contribution in [2.45, 2.75) is 30.1 Å². The number of amides is 1. The van der Waals surface area contributed by atoms with Gasteiger partial charge < -0.3 is 10.1 Å². The zero-order chi connectivity index (χ0) is 21.5. The van der Waals surface area contributed by atoms with Crippen molar-refractivity contribution in [1.29, 1.82) is 0 Å². The summed E-state index contributed by atoms with van der Waals surface area (Å²) in [6, 6.07) is 32.4. The highest BCUT2D eigenvalue weighted by atomic mass is 32.2. The molecule has 0 aromatic heterocycles. The minimum Gasteiger partial charge on any atom is -0.481 e. The Balaban J connectivity index is 1.35. The van der Waals surface area contributed by atoms with E-state index in [4.69, 9.17) is 4.74 Å². The molecule has 0 heterocycles. The predicted molar refractivity (Wildman–Crippen MR) is 130 cm³/mol. The lowest BCUT2D eigenvalue weighted by Gasteiger charge is -2.18. The first-order valence-electron chi connectivity index (χ1n) is 10.4. The Morgan fingerprint density at radius 1 is 0.871 bits per heavy atom. The Kier molecular flexibility index (Phi) is 6.90. The van der Waals surface area contributed by atoms with Crippen LogP contribution in [0.2, 0.25) is 0 Å². The number of rotatable bonds is 8. The van der Waals surface area contributed by atoms with Crippen molar-refractivity contribution in [3.8, 4) is 5.75 Å². The van der Waals surface area contributed by atoms with Crippen LogP contribution >= 0.6 is 11.8 Å². The molecule has 3 nitrogen and oxygen atoms in total. The fourth-order valence-corrected chi connectivity index (χ4v) is 4.19. The van der Waals surface area contributed by atoms with Crippen LogP contribution in [0.15, 0.2) is 102 Å². The zero-order valence-electron chi connectivity index (χ0n) is 17.5. The van der Waals surface area contributed by atoms with Crippen molar-refractivity contribution in [2.75, 3.05) is 5.32 Å². The summed E-state index contributed by atoms with van der Waals surface area (Å²) in [5.41, 5.74) is 1.99. The molecule has 0 spiro atoms. The van der Waals surface area contributed by atoms with E-state index >= 15 is 0 Å². The van der Waals surface area contributed by atoms with Crippen molar-refractivity contribution in [3.63, 3.8) is 0 Å². The fourth-order valence-electron chi connectivity index (χ4n) is 3.32. The molecule has 0 saturated heterocycles. The highest BCUT2D eigenvalue weighted by molar-refractivity contribution is 7.98. The van der Waals surface area contributed by atoms with E-state index in [1.807, 2.05) is 73.7 Å². The molecule has 1 atom stereocenters. The molecule has 0 unspecified atom stereocenters.